The third kappa shape index (κ3) is 4.70. The van der Waals surface area contributed by atoms with Gasteiger partial charge in [-0.2, -0.15) is 10.1 Å². The Labute approximate surface area is 196 Å². The first kappa shape index (κ1) is 22.8. The summed E-state index contributed by atoms with van der Waals surface area (Å²) in [5.41, 5.74) is 2.51. The lowest BCUT2D eigenvalue weighted by Gasteiger charge is -2.30. The number of nitrogens with one attached hydrogen (secondary N) is 1. The number of hydrazone groups is 1. The minimum atomic E-state index is -0.576. The van der Waals surface area contributed by atoms with Gasteiger partial charge in [-0.05, 0) is 36.2 Å². The van der Waals surface area contributed by atoms with E-state index >= 15 is 0 Å². The van der Waals surface area contributed by atoms with Gasteiger partial charge in [-0.3, -0.25) is 4.79 Å². The number of amides is 2. The molecule has 1 aromatic heterocycles. The number of aromatic nitrogens is 1. The lowest BCUT2D eigenvalue weighted by atomic mass is 10.0. The molecule has 2 heterocycles. The molecule has 0 saturated heterocycles. The van der Waals surface area contributed by atoms with Gasteiger partial charge < -0.3 is 24.1 Å². The van der Waals surface area contributed by atoms with Crippen LogP contribution in [0.1, 0.15) is 35.0 Å². The van der Waals surface area contributed by atoms with Crippen molar-refractivity contribution in [3.63, 3.8) is 0 Å². The number of methoxy groups -OCH3 is 2. The maximum Gasteiger partial charge on any atom is 0.431 e. The number of hydrogen-bond donors (Lipinski definition) is 1. The van der Waals surface area contributed by atoms with E-state index in [1.54, 1.807) is 44.6 Å². The van der Waals surface area contributed by atoms with Crippen molar-refractivity contribution in [2.24, 2.45) is 5.10 Å². The Balaban J connectivity index is 1.63. The summed E-state index contributed by atoms with van der Waals surface area (Å²) < 4.78 is 21.3. The predicted octanol–water partition coefficient (Wildman–Crippen LogP) is 4.08. The van der Waals surface area contributed by atoms with Crippen molar-refractivity contribution in [3.8, 4) is 11.5 Å². The predicted molar refractivity (Wildman–Crippen MR) is 123 cm³/mol. The lowest BCUT2D eigenvalue weighted by Crippen LogP contribution is -2.41. The van der Waals surface area contributed by atoms with Gasteiger partial charge in [-0.1, -0.05) is 30.3 Å². The summed E-state index contributed by atoms with van der Waals surface area (Å²) in [7, 11) is 3.12. The highest BCUT2D eigenvalue weighted by Crippen LogP contribution is 2.30. The van der Waals surface area contributed by atoms with Crippen LogP contribution in [0.5, 0.6) is 11.5 Å². The smallest absolute Gasteiger partial charge is 0.431 e. The van der Waals surface area contributed by atoms with Crippen LogP contribution in [0.3, 0.4) is 0 Å². The largest absolute Gasteiger partial charge is 0.493 e. The molecule has 1 unspecified atom stereocenters. The van der Waals surface area contributed by atoms with Crippen molar-refractivity contribution in [2.75, 3.05) is 19.5 Å². The second-order valence-electron chi connectivity index (χ2n) is 7.38. The van der Waals surface area contributed by atoms with E-state index < -0.39 is 18.1 Å². The molecule has 1 atom stereocenters. The number of rotatable bonds is 8. The van der Waals surface area contributed by atoms with Crippen molar-refractivity contribution in [1.29, 1.82) is 0 Å². The quantitative estimate of drug-likeness (QED) is 0.534. The molecular weight excluding hydrogens is 440 g/mol. The van der Waals surface area contributed by atoms with Gasteiger partial charge in [0.25, 0.3) is 5.91 Å². The molecule has 1 aliphatic rings. The average molecular weight is 464 g/mol. The van der Waals surface area contributed by atoms with Crippen molar-refractivity contribution in [1.82, 2.24) is 10.2 Å². The zero-order valence-corrected chi connectivity index (χ0v) is 19.0. The number of para-hydroxylation sites is 1. The highest BCUT2D eigenvalue weighted by atomic mass is 16.6. The summed E-state index contributed by atoms with van der Waals surface area (Å²) in [6.07, 6.45) is 0.853. The number of carbonyl (C=O) groups is 2. The van der Waals surface area contributed by atoms with Crippen LogP contribution < -0.4 is 14.8 Å². The summed E-state index contributed by atoms with van der Waals surface area (Å²) in [5, 5.41) is 12.2. The summed E-state index contributed by atoms with van der Waals surface area (Å²) in [5.74, 6) is 0.751. The first-order valence-corrected chi connectivity index (χ1v) is 10.6. The van der Waals surface area contributed by atoms with Gasteiger partial charge in [0.2, 0.25) is 5.76 Å². The molecule has 0 bridgehead atoms. The maximum absolute atomic E-state index is 12.7. The molecule has 0 saturated carbocycles. The number of hydrogen-bond acceptors (Lipinski definition) is 8. The Kier molecular flexibility index (Phi) is 6.77. The van der Waals surface area contributed by atoms with Crippen molar-refractivity contribution < 1.29 is 28.3 Å². The minimum absolute atomic E-state index is 0.0757. The van der Waals surface area contributed by atoms with E-state index in [4.69, 9.17) is 18.7 Å². The fraction of sp³-hybridized carbons (Fsp3) is 0.250. The van der Waals surface area contributed by atoms with Gasteiger partial charge in [-0.15, -0.1) is 0 Å². The van der Waals surface area contributed by atoms with Crippen LogP contribution in [0.2, 0.25) is 0 Å². The summed E-state index contributed by atoms with van der Waals surface area (Å²) in [4.78, 5) is 25.1. The van der Waals surface area contributed by atoms with E-state index in [1.165, 1.54) is 17.3 Å². The fourth-order valence-electron chi connectivity index (χ4n) is 3.55. The van der Waals surface area contributed by atoms with Crippen molar-refractivity contribution in [2.45, 2.75) is 26.0 Å². The fourth-order valence-corrected chi connectivity index (χ4v) is 3.55. The van der Waals surface area contributed by atoms with Crippen LogP contribution in [0, 0.1) is 0 Å². The van der Waals surface area contributed by atoms with Crippen LogP contribution in [-0.4, -0.2) is 48.2 Å². The summed E-state index contributed by atoms with van der Waals surface area (Å²) in [6, 6.07) is 14.0. The Morgan fingerprint density at radius 1 is 1.12 bits per heavy atom. The summed E-state index contributed by atoms with van der Waals surface area (Å²) >= 11 is 0. The molecule has 1 N–H and O–H groups in total. The zero-order chi connectivity index (χ0) is 24.1. The molecule has 176 valence electrons. The van der Waals surface area contributed by atoms with Crippen molar-refractivity contribution >= 4 is 23.4 Å². The Bertz CT molecular complexity index is 1210. The van der Waals surface area contributed by atoms with Crippen molar-refractivity contribution in [3.05, 3.63) is 71.6 Å². The average Bonchev–Trinajstić information content (AvgIpc) is 3.41. The van der Waals surface area contributed by atoms with Gasteiger partial charge in [-0.25, -0.2) is 4.79 Å². The number of carbonyl (C=O) groups excluding carboxylic acids is 2. The zero-order valence-electron chi connectivity index (χ0n) is 19.0. The molecule has 0 aliphatic carbocycles. The Morgan fingerprint density at radius 3 is 2.62 bits per heavy atom. The highest BCUT2D eigenvalue weighted by Gasteiger charge is 2.31. The Hall–Kier alpha value is -4.34. The van der Waals surface area contributed by atoms with Gasteiger partial charge >= 0.3 is 6.09 Å². The van der Waals surface area contributed by atoms with E-state index in [0.29, 0.717) is 34.9 Å². The molecule has 1 aliphatic heterocycles. The van der Waals surface area contributed by atoms with Gasteiger partial charge in [0.1, 0.15) is 11.8 Å². The molecule has 2 amide bonds. The second kappa shape index (κ2) is 10.1. The van der Waals surface area contributed by atoms with Crippen LogP contribution in [-0.2, 0) is 11.3 Å². The monoisotopic (exact) mass is 464 g/mol. The first-order valence-electron chi connectivity index (χ1n) is 10.6. The molecule has 2 aromatic carbocycles. The molecule has 10 nitrogen and oxygen atoms in total. The van der Waals surface area contributed by atoms with E-state index in [-0.39, 0.29) is 12.3 Å². The summed E-state index contributed by atoms with van der Waals surface area (Å²) in [6.45, 7) is 2.00. The number of nitrogens with zero attached hydrogens (tertiary/aromatic N) is 3. The normalized spacial score (nSPS) is 15.4. The van der Waals surface area contributed by atoms with Gasteiger partial charge in [0.05, 0.1) is 27.0 Å². The SMILES string of the molecule is CCC1OC(=O)N(Cc2ccccc2NC(=O)c2ccno2)N=C1c1ccc(OC)c(OC)c1. The molecule has 4 rings (SSSR count). The van der Waals surface area contributed by atoms with Crippen LogP contribution in [0.25, 0.3) is 0 Å². The third-order valence-corrected chi connectivity index (χ3v) is 5.28. The molecule has 10 heteroatoms. The van der Waals surface area contributed by atoms with Gasteiger partial charge in [0.15, 0.2) is 11.5 Å². The highest BCUT2D eigenvalue weighted by molar-refractivity contribution is 6.06. The number of benzene rings is 2. The topological polar surface area (TPSA) is 115 Å². The van der Waals surface area contributed by atoms with Gasteiger partial charge in [0, 0.05) is 17.3 Å². The number of cyclic esters (lactones) is 1. The van der Waals surface area contributed by atoms with E-state index in [0.717, 1.165) is 5.56 Å². The van der Waals surface area contributed by atoms with Crippen LogP contribution >= 0.6 is 0 Å². The third-order valence-electron chi connectivity index (χ3n) is 5.28. The lowest BCUT2D eigenvalue weighted by molar-refractivity contribution is 0.0713. The molecule has 34 heavy (non-hydrogen) atoms. The molecule has 0 spiro atoms. The van der Waals surface area contributed by atoms with Crippen LogP contribution in [0.4, 0.5) is 10.5 Å². The van der Waals surface area contributed by atoms with Crippen LogP contribution in [0.15, 0.2) is 64.4 Å². The standard InChI is InChI=1S/C24H24N4O6/c1-4-18-22(15-9-10-19(31-2)21(13-15)32-3)27-28(24(30)33-18)14-16-7-5-6-8-17(16)26-23(29)20-11-12-25-34-20/h5-13,18H,4,14H2,1-3H3,(H,26,29). The molecule has 3 aromatic rings. The minimum Gasteiger partial charge on any atom is -0.493 e. The Morgan fingerprint density at radius 2 is 1.91 bits per heavy atom. The van der Waals surface area contributed by atoms with E-state index in [2.05, 4.69) is 15.6 Å². The molecular formula is C24H24N4O6. The number of ether oxygens (including phenoxy) is 3. The van der Waals surface area contributed by atoms with E-state index in [1.807, 2.05) is 19.1 Å². The molecule has 0 fully saturated rings. The number of anilines is 1. The molecule has 0 radical (unpaired) electrons. The first-order chi connectivity index (χ1) is 16.5. The maximum atomic E-state index is 12.7. The second-order valence-corrected chi connectivity index (χ2v) is 7.38. The van der Waals surface area contributed by atoms with E-state index in [9.17, 15) is 9.59 Å².